The maximum atomic E-state index is 13.8. The Hall–Kier alpha value is -3.21. The molecule has 5 atom stereocenters. The lowest BCUT2D eigenvalue weighted by Crippen LogP contribution is -2.65. The first kappa shape index (κ1) is 21.3. The van der Waals surface area contributed by atoms with Gasteiger partial charge < -0.3 is 20.1 Å². The molecule has 0 radical (unpaired) electrons. The van der Waals surface area contributed by atoms with E-state index in [0.717, 1.165) is 11.1 Å². The van der Waals surface area contributed by atoms with E-state index in [-0.39, 0.29) is 54.5 Å². The van der Waals surface area contributed by atoms with E-state index in [1.54, 1.807) is 6.07 Å². The van der Waals surface area contributed by atoms with Crippen molar-refractivity contribution in [2.45, 2.75) is 44.1 Å². The van der Waals surface area contributed by atoms with Crippen LogP contribution in [0.1, 0.15) is 36.4 Å². The summed E-state index contributed by atoms with van der Waals surface area (Å²) in [6, 6.07) is 11.5. The molecule has 3 heterocycles. The Balaban J connectivity index is 1.13. The van der Waals surface area contributed by atoms with Crippen LogP contribution in [0.4, 0.5) is 4.39 Å². The van der Waals surface area contributed by atoms with E-state index in [4.69, 9.17) is 9.47 Å². The summed E-state index contributed by atoms with van der Waals surface area (Å²) in [5.41, 5.74) is 8.03. The van der Waals surface area contributed by atoms with Crippen molar-refractivity contribution in [3.05, 3.63) is 59.4 Å². The third kappa shape index (κ3) is 3.77. The number of hydrogen-bond donors (Lipinski definition) is 4. The number of carbonyl (C=O) groups is 2. The molecule has 2 amide bonds. The molecule has 10 heteroatoms. The molecule has 0 aromatic heterocycles. The molecule has 4 N–H and O–H groups in total. The number of hydrazine groups is 2. The molecule has 5 unspecified atom stereocenters. The summed E-state index contributed by atoms with van der Waals surface area (Å²) in [7, 11) is 0. The van der Waals surface area contributed by atoms with Gasteiger partial charge in [0.05, 0.1) is 12.0 Å². The van der Waals surface area contributed by atoms with E-state index >= 15 is 0 Å². The molecule has 2 aromatic rings. The highest BCUT2D eigenvalue weighted by Gasteiger charge is 2.51. The van der Waals surface area contributed by atoms with Crippen LogP contribution in [0.3, 0.4) is 0 Å². The van der Waals surface area contributed by atoms with Crippen LogP contribution in [0.5, 0.6) is 11.5 Å². The number of rotatable bonds is 4. The fourth-order valence-corrected chi connectivity index (χ4v) is 5.50. The minimum absolute atomic E-state index is 0.0163. The van der Waals surface area contributed by atoms with Crippen LogP contribution >= 0.6 is 0 Å². The van der Waals surface area contributed by atoms with Gasteiger partial charge in [-0.05, 0) is 54.7 Å². The van der Waals surface area contributed by atoms with Crippen LogP contribution in [-0.4, -0.2) is 35.8 Å². The summed E-state index contributed by atoms with van der Waals surface area (Å²) < 4.78 is 24.5. The lowest BCUT2D eigenvalue weighted by atomic mass is 9.75. The summed E-state index contributed by atoms with van der Waals surface area (Å²) in [4.78, 5) is 25.9. The molecule has 0 bridgehead atoms. The fraction of sp³-hybridized carbons (Fsp3) is 0.417. The van der Waals surface area contributed by atoms with Gasteiger partial charge in [-0.2, -0.15) is 5.53 Å². The molecule has 1 aliphatic carbocycles. The van der Waals surface area contributed by atoms with Crippen LogP contribution in [0.25, 0.3) is 0 Å². The van der Waals surface area contributed by atoms with Crippen molar-refractivity contribution in [1.29, 1.82) is 0 Å². The normalized spacial score (nSPS) is 29.8. The zero-order valence-corrected chi connectivity index (χ0v) is 18.4. The summed E-state index contributed by atoms with van der Waals surface area (Å²) in [5.74, 6) is 0.639. The van der Waals surface area contributed by atoms with Crippen molar-refractivity contribution in [2.75, 3.05) is 6.79 Å². The SMILES string of the molecule is O=C(NCc1ccc2c(c1)OCO2)C1CCC2C(=O)NC3C(c4cccc(F)c4)NNN3C2C1. The van der Waals surface area contributed by atoms with Crippen molar-refractivity contribution < 1.29 is 23.5 Å². The van der Waals surface area contributed by atoms with E-state index in [1.165, 1.54) is 12.1 Å². The number of amides is 2. The molecule has 3 fully saturated rings. The monoisotopic (exact) mass is 467 g/mol. The predicted octanol–water partition coefficient (Wildman–Crippen LogP) is 1.48. The molecule has 3 aliphatic heterocycles. The number of carbonyl (C=O) groups excluding carboxylic acids is 2. The van der Waals surface area contributed by atoms with Crippen LogP contribution < -0.4 is 31.1 Å². The number of nitrogens with zero attached hydrogens (tertiary/aromatic N) is 1. The number of hydrogen-bond acceptors (Lipinski definition) is 7. The van der Waals surface area contributed by atoms with Crippen molar-refractivity contribution in [2.24, 2.45) is 11.8 Å². The first-order chi connectivity index (χ1) is 16.6. The first-order valence-corrected chi connectivity index (χ1v) is 11.6. The van der Waals surface area contributed by atoms with Gasteiger partial charge in [0.25, 0.3) is 0 Å². The van der Waals surface area contributed by atoms with Crippen molar-refractivity contribution in [3.63, 3.8) is 0 Å². The summed E-state index contributed by atoms with van der Waals surface area (Å²) in [6.45, 7) is 0.609. The topological polar surface area (TPSA) is 104 Å². The number of fused-ring (bicyclic) bond motifs is 4. The number of nitrogens with one attached hydrogen (secondary N) is 4. The quantitative estimate of drug-likeness (QED) is 0.540. The van der Waals surface area contributed by atoms with Gasteiger partial charge in [0.1, 0.15) is 12.0 Å². The van der Waals surface area contributed by atoms with Gasteiger partial charge in [0.15, 0.2) is 11.5 Å². The Labute approximate surface area is 195 Å². The molecule has 2 aromatic carbocycles. The van der Waals surface area contributed by atoms with Crippen LogP contribution in [0, 0.1) is 17.7 Å². The van der Waals surface area contributed by atoms with Crippen LogP contribution in [-0.2, 0) is 16.1 Å². The molecule has 4 aliphatic rings. The maximum absolute atomic E-state index is 13.8. The molecule has 6 rings (SSSR count). The van der Waals surface area contributed by atoms with Gasteiger partial charge >= 0.3 is 0 Å². The lowest BCUT2D eigenvalue weighted by Gasteiger charge is -2.46. The number of halogens is 1. The minimum Gasteiger partial charge on any atom is -0.454 e. The average molecular weight is 468 g/mol. The van der Waals surface area contributed by atoms with E-state index in [2.05, 4.69) is 21.6 Å². The Bertz CT molecular complexity index is 1130. The summed E-state index contributed by atoms with van der Waals surface area (Å²) >= 11 is 0. The fourth-order valence-electron chi connectivity index (χ4n) is 5.50. The zero-order chi connectivity index (χ0) is 23.2. The maximum Gasteiger partial charge on any atom is 0.231 e. The van der Waals surface area contributed by atoms with Crippen molar-refractivity contribution >= 4 is 11.8 Å². The average Bonchev–Trinajstić information content (AvgIpc) is 3.49. The van der Waals surface area contributed by atoms with Gasteiger partial charge in [0.2, 0.25) is 18.6 Å². The third-order valence-electron chi connectivity index (χ3n) is 7.25. The highest BCUT2D eigenvalue weighted by molar-refractivity contribution is 5.83. The zero-order valence-electron chi connectivity index (χ0n) is 18.4. The van der Waals surface area contributed by atoms with E-state index in [9.17, 15) is 14.0 Å². The van der Waals surface area contributed by atoms with Crippen molar-refractivity contribution in [1.82, 2.24) is 26.6 Å². The molecule has 1 saturated carbocycles. The van der Waals surface area contributed by atoms with Gasteiger partial charge in [0, 0.05) is 18.5 Å². The Kier molecular flexibility index (Phi) is 5.35. The summed E-state index contributed by atoms with van der Waals surface area (Å²) in [5, 5.41) is 8.09. The molecule has 9 nitrogen and oxygen atoms in total. The largest absolute Gasteiger partial charge is 0.454 e. The summed E-state index contributed by atoms with van der Waals surface area (Å²) in [6.07, 6.45) is 1.48. The molecule has 0 spiro atoms. The van der Waals surface area contributed by atoms with Gasteiger partial charge in [-0.1, -0.05) is 18.2 Å². The highest BCUT2D eigenvalue weighted by atomic mass is 19.1. The van der Waals surface area contributed by atoms with E-state index in [1.807, 2.05) is 29.3 Å². The second kappa shape index (κ2) is 8.53. The lowest BCUT2D eigenvalue weighted by molar-refractivity contribution is -0.143. The molecular formula is C24H26FN5O4. The van der Waals surface area contributed by atoms with E-state index < -0.39 is 0 Å². The third-order valence-corrected chi connectivity index (χ3v) is 7.25. The standard InChI is InChI=1S/C24H26FN5O4/c25-16-3-1-2-14(9-16)21-22-27-24(32)17-6-5-15(10-18(17)30(22)29-28-21)23(31)26-11-13-4-7-19-20(8-13)34-12-33-19/h1-4,7-9,15,17-18,21-22,28-29H,5-6,10-12H2,(H,26,31)(H,27,32). The Morgan fingerprint density at radius 1 is 1.15 bits per heavy atom. The molecular weight excluding hydrogens is 441 g/mol. The smallest absolute Gasteiger partial charge is 0.231 e. The molecule has 178 valence electrons. The Morgan fingerprint density at radius 3 is 2.91 bits per heavy atom. The van der Waals surface area contributed by atoms with Gasteiger partial charge in [-0.25, -0.2) is 14.8 Å². The minimum atomic E-state index is -0.369. The Morgan fingerprint density at radius 2 is 2.03 bits per heavy atom. The highest BCUT2D eigenvalue weighted by Crippen LogP contribution is 2.39. The van der Waals surface area contributed by atoms with Crippen molar-refractivity contribution in [3.8, 4) is 11.5 Å². The molecule has 34 heavy (non-hydrogen) atoms. The van der Waals surface area contributed by atoms with Crippen LogP contribution in [0.2, 0.25) is 0 Å². The number of benzene rings is 2. The van der Waals surface area contributed by atoms with E-state index in [0.29, 0.717) is 37.3 Å². The predicted molar refractivity (Wildman–Crippen MR) is 118 cm³/mol. The first-order valence-electron chi connectivity index (χ1n) is 11.6. The van der Waals surface area contributed by atoms with Gasteiger partial charge in [-0.3, -0.25) is 9.59 Å². The van der Waals surface area contributed by atoms with Gasteiger partial charge in [-0.15, -0.1) is 0 Å². The molecule has 2 saturated heterocycles. The second-order valence-electron chi connectivity index (χ2n) is 9.24. The second-order valence-corrected chi connectivity index (χ2v) is 9.24. The van der Waals surface area contributed by atoms with Crippen LogP contribution in [0.15, 0.2) is 42.5 Å². The number of ether oxygens (including phenoxy) is 2.